The van der Waals surface area contributed by atoms with Crippen molar-refractivity contribution in [1.29, 1.82) is 0 Å². The topological polar surface area (TPSA) is 36.4 Å². The molecule has 0 aliphatic rings. The maximum atomic E-state index is 9.53. The third-order valence-electron chi connectivity index (χ3n) is 2.74. The van der Waals surface area contributed by atoms with Crippen molar-refractivity contribution in [3.8, 4) is 0 Å². The molecule has 0 spiro atoms. The number of hydrogen-bond donors (Lipinski definition) is 1. The van der Waals surface area contributed by atoms with Crippen LogP contribution in [0.5, 0.6) is 0 Å². The number of anilines is 1. The van der Waals surface area contributed by atoms with Crippen LogP contribution in [0.15, 0.2) is 18.3 Å². The highest BCUT2D eigenvalue weighted by Gasteiger charge is 2.07. The van der Waals surface area contributed by atoms with Crippen LogP contribution in [0.2, 0.25) is 0 Å². The van der Waals surface area contributed by atoms with E-state index >= 15 is 0 Å². The van der Waals surface area contributed by atoms with Gasteiger partial charge in [-0.1, -0.05) is 13.3 Å². The van der Waals surface area contributed by atoms with Gasteiger partial charge in [0.1, 0.15) is 5.82 Å². The van der Waals surface area contributed by atoms with Crippen molar-refractivity contribution in [2.24, 2.45) is 0 Å². The zero-order chi connectivity index (χ0) is 12.0. The highest BCUT2D eigenvalue weighted by Crippen LogP contribution is 2.18. The van der Waals surface area contributed by atoms with Gasteiger partial charge in [0.15, 0.2) is 0 Å². The number of unbranched alkanes of at least 4 members (excludes halogenated alkanes) is 1. The number of aliphatic hydroxyl groups excluding tert-OH is 1. The van der Waals surface area contributed by atoms with Gasteiger partial charge >= 0.3 is 0 Å². The fourth-order valence-electron chi connectivity index (χ4n) is 1.65. The molecule has 0 aliphatic carbocycles. The minimum Gasteiger partial charge on any atom is -0.389 e. The molecule has 0 aromatic carbocycles. The van der Waals surface area contributed by atoms with E-state index in [1.807, 2.05) is 12.1 Å². The number of nitrogens with zero attached hydrogens (tertiary/aromatic N) is 2. The summed E-state index contributed by atoms with van der Waals surface area (Å²) >= 11 is 0. The fraction of sp³-hybridized carbons (Fsp3) is 0.615. The van der Waals surface area contributed by atoms with Crippen molar-refractivity contribution in [3.63, 3.8) is 0 Å². The molecule has 1 rings (SSSR count). The maximum Gasteiger partial charge on any atom is 0.128 e. The Labute approximate surface area is 98.1 Å². The standard InChI is InChI=1S/C13H22N2O/c1-4-6-9-15(5-2)13-10-12(11(3)16)7-8-14-13/h7-8,10-11,16H,4-6,9H2,1-3H3/t11-/m1/s1. The van der Waals surface area contributed by atoms with E-state index in [0.717, 1.165) is 24.5 Å². The molecule has 1 heterocycles. The Hall–Kier alpha value is -1.09. The number of hydrogen-bond acceptors (Lipinski definition) is 3. The molecule has 0 fully saturated rings. The van der Waals surface area contributed by atoms with E-state index in [1.54, 1.807) is 13.1 Å². The molecule has 0 unspecified atom stereocenters. The molecule has 1 N–H and O–H groups in total. The van der Waals surface area contributed by atoms with Gasteiger partial charge in [0.25, 0.3) is 0 Å². The summed E-state index contributed by atoms with van der Waals surface area (Å²) in [6.07, 6.45) is 3.71. The Balaban J connectivity index is 2.79. The summed E-state index contributed by atoms with van der Waals surface area (Å²) in [6, 6.07) is 3.84. The van der Waals surface area contributed by atoms with Gasteiger partial charge in [-0.2, -0.15) is 0 Å². The third kappa shape index (κ3) is 3.49. The highest BCUT2D eigenvalue weighted by molar-refractivity contribution is 5.41. The minimum atomic E-state index is -0.424. The molecule has 0 amide bonds. The molecule has 0 saturated carbocycles. The number of aliphatic hydroxyl groups is 1. The second-order valence-electron chi connectivity index (χ2n) is 4.06. The van der Waals surface area contributed by atoms with Crippen molar-refractivity contribution in [2.75, 3.05) is 18.0 Å². The molecule has 1 atom stereocenters. The molecular formula is C13H22N2O. The Morgan fingerprint density at radius 3 is 2.75 bits per heavy atom. The molecular weight excluding hydrogens is 200 g/mol. The lowest BCUT2D eigenvalue weighted by Crippen LogP contribution is -2.24. The first kappa shape index (κ1) is 13.0. The van der Waals surface area contributed by atoms with E-state index in [2.05, 4.69) is 23.7 Å². The Bertz CT molecular complexity index is 313. The van der Waals surface area contributed by atoms with Crippen molar-refractivity contribution in [2.45, 2.75) is 39.7 Å². The van der Waals surface area contributed by atoms with Crippen LogP contribution in [0.3, 0.4) is 0 Å². The molecule has 3 nitrogen and oxygen atoms in total. The smallest absolute Gasteiger partial charge is 0.128 e. The normalized spacial score (nSPS) is 12.5. The Kier molecular flexibility index (Phi) is 5.26. The average molecular weight is 222 g/mol. The van der Waals surface area contributed by atoms with Crippen LogP contribution in [0.4, 0.5) is 5.82 Å². The van der Waals surface area contributed by atoms with E-state index in [-0.39, 0.29) is 0 Å². The maximum absolute atomic E-state index is 9.53. The van der Waals surface area contributed by atoms with Gasteiger partial charge in [0, 0.05) is 19.3 Å². The molecule has 1 aromatic rings. The number of aromatic nitrogens is 1. The van der Waals surface area contributed by atoms with E-state index in [9.17, 15) is 5.11 Å². The largest absolute Gasteiger partial charge is 0.389 e. The summed E-state index contributed by atoms with van der Waals surface area (Å²) in [6.45, 7) is 8.08. The summed E-state index contributed by atoms with van der Waals surface area (Å²) < 4.78 is 0. The van der Waals surface area contributed by atoms with Gasteiger partial charge in [-0.3, -0.25) is 0 Å². The molecule has 90 valence electrons. The summed E-state index contributed by atoms with van der Waals surface area (Å²) in [4.78, 5) is 6.61. The molecule has 0 saturated heterocycles. The van der Waals surface area contributed by atoms with Gasteiger partial charge in [-0.15, -0.1) is 0 Å². The van der Waals surface area contributed by atoms with Crippen LogP contribution >= 0.6 is 0 Å². The molecule has 16 heavy (non-hydrogen) atoms. The number of rotatable bonds is 6. The van der Waals surface area contributed by atoms with Gasteiger partial charge < -0.3 is 10.0 Å². The average Bonchev–Trinajstić information content (AvgIpc) is 2.30. The Morgan fingerprint density at radius 1 is 1.44 bits per heavy atom. The predicted molar refractivity (Wildman–Crippen MR) is 67.7 cm³/mol. The van der Waals surface area contributed by atoms with Crippen molar-refractivity contribution >= 4 is 5.82 Å². The summed E-state index contributed by atoms with van der Waals surface area (Å²) in [5.74, 6) is 0.967. The third-order valence-corrected chi connectivity index (χ3v) is 2.74. The summed E-state index contributed by atoms with van der Waals surface area (Å²) in [5.41, 5.74) is 0.931. The van der Waals surface area contributed by atoms with Crippen molar-refractivity contribution in [1.82, 2.24) is 4.98 Å². The second-order valence-corrected chi connectivity index (χ2v) is 4.06. The molecule has 1 aromatic heterocycles. The summed E-state index contributed by atoms with van der Waals surface area (Å²) in [5, 5.41) is 9.53. The first-order chi connectivity index (χ1) is 7.69. The van der Waals surface area contributed by atoms with Gasteiger partial charge in [0.05, 0.1) is 6.10 Å². The summed E-state index contributed by atoms with van der Waals surface area (Å²) in [7, 11) is 0. The molecule has 0 bridgehead atoms. The zero-order valence-corrected chi connectivity index (χ0v) is 10.5. The van der Waals surface area contributed by atoms with Crippen LogP contribution in [0, 0.1) is 0 Å². The van der Waals surface area contributed by atoms with E-state index in [1.165, 1.54) is 12.8 Å². The first-order valence-electron chi connectivity index (χ1n) is 6.08. The van der Waals surface area contributed by atoms with Crippen LogP contribution in [-0.4, -0.2) is 23.2 Å². The van der Waals surface area contributed by atoms with Gasteiger partial charge in [-0.05, 0) is 38.0 Å². The lowest BCUT2D eigenvalue weighted by molar-refractivity contribution is 0.199. The van der Waals surface area contributed by atoms with Crippen LogP contribution in [0.1, 0.15) is 45.3 Å². The van der Waals surface area contributed by atoms with Gasteiger partial charge in [0.2, 0.25) is 0 Å². The van der Waals surface area contributed by atoms with E-state index < -0.39 is 6.10 Å². The van der Waals surface area contributed by atoms with Crippen LogP contribution in [-0.2, 0) is 0 Å². The van der Waals surface area contributed by atoms with Gasteiger partial charge in [-0.25, -0.2) is 4.98 Å². The van der Waals surface area contributed by atoms with Crippen molar-refractivity contribution < 1.29 is 5.11 Å². The quantitative estimate of drug-likeness (QED) is 0.804. The monoisotopic (exact) mass is 222 g/mol. The molecule has 0 radical (unpaired) electrons. The minimum absolute atomic E-state index is 0.424. The fourth-order valence-corrected chi connectivity index (χ4v) is 1.65. The van der Waals surface area contributed by atoms with Crippen molar-refractivity contribution in [3.05, 3.63) is 23.9 Å². The Morgan fingerprint density at radius 2 is 2.19 bits per heavy atom. The van der Waals surface area contributed by atoms with Crippen LogP contribution < -0.4 is 4.90 Å². The van der Waals surface area contributed by atoms with E-state index in [0.29, 0.717) is 0 Å². The first-order valence-corrected chi connectivity index (χ1v) is 6.08. The molecule has 3 heteroatoms. The number of pyridine rings is 1. The zero-order valence-electron chi connectivity index (χ0n) is 10.5. The highest BCUT2D eigenvalue weighted by atomic mass is 16.3. The lowest BCUT2D eigenvalue weighted by atomic mass is 10.1. The SMILES string of the molecule is CCCCN(CC)c1cc([C@@H](C)O)ccn1. The predicted octanol–water partition coefficient (Wildman–Crippen LogP) is 2.76. The lowest BCUT2D eigenvalue weighted by Gasteiger charge is -2.22. The second kappa shape index (κ2) is 6.48. The molecule has 0 aliphatic heterocycles. The van der Waals surface area contributed by atoms with Crippen LogP contribution in [0.25, 0.3) is 0 Å². The van der Waals surface area contributed by atoms with E-state index in [4.69, 9.17) is 0 Å².